The fourth-order valence-electron chi connectivity index (χ4n) is 3.72. The Kier molecular flexibility index (Phi) is 5.94. The van der Waals surface area contributed by atoms with E-state index in [-0.39, 0.29) is 5.92 Å². The summed E-state index contributed by atoms with van der Waals surface area (Å²) in [6.45, 7) is 9.38. The first-order chi connectivity index (χ1) is 11.7. The molecule has 1 aromatic rings. The Hall–Kier alpha value is -1.35. The van der Waals surface area contributed by atoms with Gasteiger partial charge in [0.15, 0.2) is 0 Å². The molecular weight excluding hydrogens is 296 g/mol. The van der Waals surface area contributed by atoms with Gasteiger partial charge >= 0.3 is 0 Å². The van der Waals surface area contributed by atoms with Crippen molar-refractivity contribution in [3.8, 4) is 0 Å². The van der Waals surface area contributed by atoms with Gasteiger partial charge in [-0.1, -0.05) is 36.8 Å². The number of likely N-dealkylation sites (tertiary alicyclic amines) is 1. The number of carbonyl (C=O) groups is 1. The third-order valence-corrected chi connectivity index (χ3v) is 5.44. The minimum absolute atomic E-state index is 0.254. The quantitative estimate of drug-likeness (QED) is 0.759. The van der Waals surface area contributed by atoms with Crippen molar-refractivity contribution in [2.24, 2.45) is 11.8 Å². The Bertz CT molecular complexity index is 527. The molecule has 0 bridgehead atoms. The first kappa shape index (κ1) is 17.5. The Morgan fingerprint density at radius 3 is 2.38 bits per heavy atom. The van der Waals surface area contributed by atoms with Gasteiger partial charge in [-0.2, -0.15) is 0 Å². The van der Waals surface area contributed by atoms with Crippen LogP contribution in [0.25, 0.3) is 0 Å². The highest BCUT2D eigenvalue weighted by atomic mass is 16.2. The van der Waals surface area contributed by atoms with Crippen molar-refractivity contribution >= 4 is 5.91 Å². The van der Waals surface area contributed by atoms with Crippen LogP contribution in [0.5, 0.6) is 0 Å². The molecule has 0 aromatic heterocycles. The summed E-state index contributed by atoms with van der Waals surface area (Å²) in [6, 6.07) is 8.83. The molecule has 1 aromatic carbocycles. The Labute approximate surface area is 147 Å². The van der Waals surface area contributed by atoms with E-state index in [0.29, 0.717) is 5.91 Å². The third kappa shape index (κ3) is 4.83. The lowest BCUT2D eigenvalue weighted by Gasteiger charge is -2.34. The zero-order chi connectivity index (χ0) is 16.9. The molecule has 3 rings (SSSR count). The number of piperidine rings is 1. The maximum atomic E-state index is 12.9. The number of aryl methyl sites for hydroxylation is 1. The van der Waals surface area contributed by atoms with Gasteiger partial charge in [-0.15, -0.1) is 0 Å². The number of carbonyl (C=O) groups excluding carboxylic acids is 1. The molecule has 1 aliphatic heterocycles. The first-order valence-electron chi connectivity index (χ1n) is 9.72. The van der Waals surface area contributed by atoms with Crippen LogP contribution in [0.4, 0.5) is 0 Å². The lowest BCUT2D eigenvalue weighted by atomic mass is 9.94. The van der Waals surface area contributed by atoms with Crippen molar-refractivity contribution in [3.63, 3.8) is 0 Å². The summed E-state index contributed by atoms with van der Waals surface area (Å²) in [5.74, 6) is 1.48. The standard InChI is InChI=1S/C21H32N2O/c1-3-12-23(16-19-8-9-19)21(24)20-10-13-22(14-11-20)15-18-6-4-17(2)5-7-18/h4-7,19-20H,3,8-16H2,1-2H3. The van der Waals surface area contributed by atoms with Crippen LogP contribution in [-0.2, 0) is 11.3 Å². The number of hydrogen-bond donors (Lipinski definition) is 0. The third-order valence-electron chi connectivity index (χ3n) is 5.44. The molecule has 0 atom stereocenters. The van der Waals surface area contributed by atoms with Gasteiger partial charge in [0, 0.05) is 25.6 Å². The van der Waals surface area contributed by atoms with Crippen molar-refractivity contribution in [3.05, 3.63) is 35.4 Å². The van der Waals surface area contributed by atoms with Crippen LogP contribution in [-0.4, -0.2) is 41.9 Å². The van der Waals surface area contributed by atoms with Gasteiger partial charge in [0.1, 0.15) is 0 Å². The van der Waals surface area contributed by atoms with Crippen molar-refractivity contribution in [2.75, 3.05) is 26.2 Å². The molecule has 1 heterocycles. The van der Waals surface area contributed by atoms with Crippen LogP contribution in [0, 0.1) is 18.8 Å². The van der Waals surface area contributed by atoms with Gasteiger partial charge in [-0.05, 0) is 63.6 Å². The first-order valence-corrected chi connectivity index (χ1v) is 9.72. The number of nitrogens with zero attached hydrogens (tertiary/aromatic N) is 2. The Morgan fingerprint density at radius 1 is 1.12 bits per heavy atom. The minimum Gasteiger partial charge on any atom is -0.342 e. The Morgan fingerprint density at radius 2 is 1.79 bits per heavy atom. The van der Waals surface area contributed by atoms with Crippen LogP contribution >= 0.6 is 0 Å². The van der Waals surface area contributed by atoms with Crippen LogP contribution in [0.15, 0.2) is 24.3 Å². The molecule has 0 spiro atoms. The molecule has 24 heavy (non-hydrogen) atoms. The highest BCUT2D eigenvalue weighted by Gasteiger charge is 2.31. The minimum atomic E-state index is 0.254. The average molecular weight is 329 g/mol. The summed E-state index contributed by atoms with van der Waals surface area (Å²) in [6.07, 6.45) is 5.76. The molecule has 132 valence electrons. The van der Waals surface area contributed by atoms with Gasteiger partial charge in [0.25, 0.3) is 0 Å². The van der Waals surface area contributed by atoms with Gasteiger partial charge < -0.3 is 4.90 Å². The van der Waals surface area contributed by atoms with Gasteiger partial charge in [-0.3, -0.25) is 9.69 Å². The number of amides is 1. The summed E-state index contributed by atoms with van der Waals surface area (Å²) in [4.78, 5) is 17.5. The number of hydrogen-bond acceptors (Lipinski definition) is 2. The molecule has 0 radical (unpaired) electrons. The molecule has 1 aliphatic carbocycles. The zero-order valence-corrected chi connectivity index (χ0v) is 15.3. The van der Waals surface area contributed by atoms with E-state index in [1.54, 1.807) is 0 Å². The topological polar surface area (TPSA) is 23.6 Å². The van der Waals surface area contributed by atoms with Crippen molar-refractivity contribution in [1.29, 1.82) is 0 Å². The van der Waals surface area contributed by atoms with E-state index >= 15 is 0 Å². The summed E-state index contributed by atoms with van der Waals surface area (Å²) in [5.41, 5.74) is 2.70. The molecule has 1 amide bonds. The van der Waals surface area contributed by atoms with Gasteiger partial charge in [-0.25, -0.2) is 0 Å². The maximum absolute atomic E-state index is 12.9. The molecule has 0 unspecified atom stereocenters. The lowest BCUT2D eigenvalue weighted by molar-refractivity contribution is -0.137. The van der Waals surface area contributed by atoms with Crippen LogP contribution < -0.4 is 0 Å². The second-order valence-electron chi connectivity index (χ2n) is 7.76. The van der Waals surface area contributed by atoms with E-state index in [2.05, 4.69) is 47.9 Å². The molecule has 0 N–H and O–H groups in total. The summed E-state index contributed by atoms with van der Waals surface area (Å²) in [7, 11) is 0. The number of rotatable bonds is 7. The predicted octanol–water partition coefficient (Wildman–Crippen LogP) is 3.86. The van der Waals surface area contributed by atoms with E-state index in [4.69, 9.17) is 0 Å². The smallest absolute Gasteiger partial charge is 0.225 e. The van der Waals surface area contributed by atoms with Crippen molar-refractivity contribution < 1.29 is 4.79 Å². The van der Waals surface area contributed by atoms with Crippen LogP contribution in [0.2, 0.25) is 0 Å². The summed E-state index contributed by atoms with van der Waals surface area (Å²) in [5, 5.41) is 0. The maximum Gasteiger partial charge on any atom is 0.225 e. The monoisotopic (exact) mass is 328 g/mol. The summed E-state index contributed by atoms with van der Waals surface area (Å²) < 4.78 is 0. The summed E-state index contributed by atoms with van der Waals surface area (Å²) >= 11 is 0. The van der Waals surface area contributed by atoms with Gasteiger partial charge in [0.2, 0.25) is 5.91 Å². The van der Waals surface area contributed by atoms with E-state index < -0.39 is 0 Å². The van der Waals surface area contributed by atoms with Crippen LogP contribution in [0.1, 0.15) is 50.2 Å². The zero-order valence-electron chi connectivity index (χ0n) is 15.3. The highest BCUT2D eigenvalue weighted by molar-refractivity contribution is 5.79. The fourth-order valence-corrected chi connectivity index (χ4v) is 3.72. The van der Waals surface area contributed by atoms with E-state index in [1.807, 2.05) is 0 Å². The van der Waals surface area contributed by atoms with E-state index in [9.17, 15) is 4.79 Å². The number of benzene rings is 1. The predicted molar refractivity (Wildman–Crippen MR) is 98.8 cm³/mol. The van der Waals surface area contributed by atoms with E-state index in [1.165, 1.54) is 24.0 Å². The highest BCUT2D eigenvalue weighted by Crippen LogP contribution is 2.31. The fraction of sp³-hybridized carbons (Fsp3) is 0.667. The molecule has 1 saturated heterocycles. The average Bonchev–Trinajstić information content (AvgIpc) is 3.41. The van der Waals surface area contributed by atoms with Crippen LogP contribution in [0.3, 0.4) is 0 Å². The second kappa shape index (κ2) is 8.15. The lowest BCUT2D eigenvalue weighted by Crippen LogP contribution is -2.43. The Balaban J connectivity index is 1.48. The van der Waals surface area contributed by atoms with Gasteiger partial charge in [0.05, 0.1) is 0 Å². The molecule has 2 fully saturated rings. The van der Waals surface area contributed by atoms with E-state index in [0.717, 1.165) is 57.9 Å². The molecule has 2 aliphatic rings. The van der Waals surface area contributed by atoms with Crippen molar-refractivity contribution in [2.45, 2.75) is 52.5 Å². The largest absolute Gasteiger partial charge is 0.342 e. The molecular formula is C21H32N2O. The molecule has 3 nitrogen and oxygen atoms in total. The molecule has 3 heteroatoms. The SMILES string of the molecule is CCCN(CC1CC1)C(=O)C1CCN(Cc2ccc(C)cc2)CC1. The molecule has 1 saturated carbocycles. The normalized spacial score (nSPS) is 19.4. The van der Waals surface area contributed by atoms with Crippen molar-refractivity contribution in [1.82, 2.24) is 9.80 Å². The second-order valence-corrected chi connectivity index (χ2v) is 7.76.